The standard InChI is InChI=1S/C13H12BrFN2/c1-8-5-6-9(7-17-8)13(16)10-3-2-4-11(14)12(10)15/h2-7,13H,16H2,1H3. The molecule has 88 valence electrons. The third kappa shape index (κ3) is 2.53. The van der Waals surface area contributed by atoms with Gasteiger partial charge in [-0.25, -0.2) is 4.39 Å². The molecule has 0 radical (unpaired) electrons. The number of hydrogen-bond acceptors (Lipinski definition) is 2. The molecule has 0 amide bonds. The monoisotopic (exact) mass is 294 g/mol. The number of halogens is 2. The minimum absolute atomic E-state index is 0.319. The number of aryl methyl sites for hydroxylation is 1. The Morgan fingerprint density at radius 3 is 2.71 bits per heavy atom. The SMILES string of the molecule is Cc1ccc(C(N)c2cccc(Br)c2F)cn1. The maximum atomic E-state index is 13.9. The molecule has 2 rings (SSSR count). The number of hydrogen-bond donors (Lipinski definition) is 1. The first-order valence-electron chi connectivity index (χ1n) is 5.21. The summed E-state index contributed by atoms with van der Waals surface area (Å²) in [6.07, 6.45) is 1.68. The lowest BCUT2D eigenvalue weighted by Crippen LogP contribution is -2.14. The van der Waals surface area contributed by atoms with E-state index in [0.717, 1.165) is 11.3 Å². The predicted molar refractivity (Wildman–Crippen MR) is 69.1 cm³/mol. The lowest BCUT2D eigenvalue weighted by molar-refractivity contribution is 0.593. The van der Waals surface area contributed by atoms with Crippen molar-refractivity contribution < 1.29 is 4.39 Å². The Morgan fingerprint density at radius 2 is 2.06 bits per heavy atom. The third-order valence-electron chi connectivity index (χ3n) is 2.61. The van der Waals surface area contributed by atoms with Crippen LogP contribution in [0.2, 0.25) is 0 Å². The van der Waals surface area contributed by atoms with Gasteiger partial charge in [-0.3, -0.25) is 4.98 Å². The van der Waals surface area contributed by atoms with Gasteiger partial charge in [0.15, 0.2) is 0 Å². The Balaban J connectivity index is 2.40. The molecule has 2 N–H and O–H groups in total. The van der Waals surface area contributed by atoms with Crippen LogP contribution in [0.3, 0.4) is 0 Å². The van der Waals surface area contributed by atoms with Gasteiger partial charge in [-0.15, -0.1) is 0 Å². The molecule has 0 saturated carbocycles. The van der Waals surface area contributed by atoms with Crippen molar-refractivity contribution in [3.8, 4) is 0 Å². The van der Waals surface area contributed by atoms with Crippen LogP contribution in [0.15, 0.2) is 41.0 Å². The molecule has 0 spiro atoms. The summed E-state index contributed by atoms with van der Waals surface area (Å²) in [5.41, 5.74) is 8.21. The summed E-state index contributed by atoms with van der Waals surface area (Å²) in [5, 5.41) is 0. The maximum Gasteiger partial charge on any atom is 0.142 e. The van der Waals surface area contributed by atoms with Gasteiger partial charge in [-0.2, -0.15) is 0 Å². The Bertz CT molecular complexity index is 525. The van der Waals surface area contributed by atoms with Crippen LogP contribution < -0.4 is 5.73 Å². The van der Waals surface area contributed by atoms with E-state index in [-0.39, 0.29) is 5.82 Å². The van der Waals surface area contributed by atoms with Gasteiger partial charge in [-0.05, 0) is 40.5 Å². The summed E-state index contributed by atoms with van der Waals surface area (Å²) in [6.45, 7) is 1.90. The van der Waals surface area contributed by atoms with E-state index in [1.807, 2.05) is 19.1 Å². The van der Waals surface area contributed by atoms with Crippen molar-refractivity contribution in [2.75, 3.05) is 0 Å². The first-order chi connectivity index (χ1) is 8.09. The van der Waals surface area contributed by atoms with Crippen molar-refractivity contribution in [3.63, 3.8) is 0 Å². The van der Waals surface area contributed by atoms with Crippen molar-refractivity contribution in [1.82, 2.24) is 4.98 Å². The Labute approximate surface area is 108 Å². The molecule has 2 aromatic rings. The first-order valence-corrected chi connectivity index (χ1v) is 6.01. The summed E-state index contributed by atoms with van der Waals surface area (Å²) in [5.74, 6) is -0.319. The molecule has 0 saturated heterocycles. The van der Waals surface area contributed by atoms with Gasteiger partial charge in [0.2, 0.25) is 0 Å². The second-order valence-electron chi connectivity index (χ2n) is 3.85. The second kappa shape index (κ2) is 4.94. The van der Waals surface area contributed by atoms with Gasteiger partial charge in [0.1, 0.15) is 5.82 Å². The van der Waals surface area contributed by atoms with E-state index in [2.05, 4.69) is 20.9 Å². The van der Waals surface area contributed by atoms with E-state index in [4.69, 9.17) is 5.73 Å². The minimum Gasteiger partial charge on any atom is -0.320 e. The van der Waals surface area contributed by atoms with Crippen LogP contribution in [0.25, 0.3) is 0 Å². The minimum atomic E-state index is -0.499. The summed E-state index contributed by atoms with van der Waals surface area (Å²) in [6, 6.07) is 8.34. The quantitative estimate of drug-likeness (QED) is 0.923. The average molecular weight is 295 g/mol. The number of benzene rings is 1. The van der Waals surface area contributed by atoms with Crippen molar-refractivity contribution in [2.24, 2.45) is 5.73 Å². The normalized spacial score (nSPS) is 12.5. The maximum absolute atomic E-state index is 13.9. The van der Waals surface area contributed by atoms with Gasteiger partial charge in [0.25, 0.3) is 0 Å². The van der Waals surface area contributed by atoms with E-state index in [9.17, 15) is 4.39 Å². The number of nitrogens with two attached hydrogens (primary N) is 1. The van der Waals surface area contributed by atoms with E-state index >= 15 is 0 Å². The molecule has 1 unspecified atom stereocenters. The van der Waals surface area contributed by atoms with E-state index in [0.29, 0.717) is 10.0 Å². The fourth-order valence-corrected chi connectivity index (χ4v) is 1.98. The van der Waals surface area contributed by atoms with Crippen LogP contribution in [0.5, 0.6) is 0 Å². The lowest BCUT2D eigenvalue weighted by Gasteiger charge is -2.13. The Kier molecular flexibility index (Phi) is 3.54. The fraction of sp³-hybridized carbons (Fsp3) is 0.154. The van der Waals surface area contributed by atoms with E-state index in [1.54, 1.807) is 24.4 Å². The molecule has 1 aromatic carbocycles. The zero-order valence-electron chi connectivity index (χ0n) is 9.32. The Morgan fingerprint density at radius 1 is 1.29 bits per heavy atom. The highest BCUT2D eigenvalue weighted by Crippen LogP contribution is 2.26. The van der Waals surface area contributed by atoms with Gasteiger partial charge in [0, 0.05) is 17.5 Å². The average Bonchev–Trinajstić information content (AvgIpc) is 2.33. The largest absolute Gasteiger partial charge is 0.320 e. The topological polar surface area (TPSA) is 38.9 Å². The lowest BCUT2D eigenvalue weighted by atomic mass is 10.0. The smallest absolute Gasteiger partial charge is 0.142 e. The zero-order chi connectivity index (χ0) is 12.4. The van der Waals surface area contributed by atoms with Gasteiger partial charge < -0.3 is 5.73 Å². The molecule has 0 aliphatic rings. The van der Waals surface area contributed by atoms with Crippen LogP contribution in [0.1, 0.15) is 22.9 Å². The van der Waals surface area contributed by atoms with Crippen LogP contribution in [0.4, 0.5) is 4.39 Å². The molecule has 4 heteroatoms. The number of aromatic nitrogens is 1. The van der Waals surface area contributed by atoms with E-state index < -0.39 is 6.04 Å². The molecule has 0 bridgehead atoms. The molecular weight excluding hydrogens is 283 g/mol. The molecule has 2 nitrogen and oxygen atoms in total. The van der Waals surface area contributed by atoms with Crippen molar-refractivity contribution in [2.45, 2.75) is 13.0 Å². The number of rotatable bonds is 2. The van der Waals surface area contributed by atoms with Crippen molar-refractivity contribution >= 4 is 15.9 Å². The van der Waals surface area contributed by atoms with Crippen LogP contribution >= 0.6 is 15.9 Å². The fourth-order valence-electron chi connectivity index (χ4n) is 1.60. The predicted octanol–water partition coefficient (Wildman–Crippen LogP) is 3.34. The molecular formula is C13H12BrFN2. The molecule has 0 fully saturated rings. The molecule has 1 heterocycles. The van der Waals surface area contributed by atoms with Crippen LogP contribution in [-0.4, -0.2) is 4.98 Å². The van der Waals surface area contributed by atoms with Crippen LogP contribution in [0, 0.1) is 12.7 Å². The third-order valence-corrected chi connectivity index (χ3v) is 3.22. The van der Waals surface area contributed by atoms with Crippen molar-refractivity contribution in [3.05, 3.63) is 63.6 Å². The van der Waals surface area contributed by atoms with Crippen molar-refractivity contribution in [1.29, 1.82) is 0 Å². The highest BCUT2D eigenvalue weighted by atomic mass is 79.9. The molecule has 0 aliphatic carbocycles. The number of nitrogens with zero attached hydrogens (tertiary/aromatic N) is 1. The van der Waals surface area contributed by atoms with Gasteiger partial charge in [-0.1, -0.05) is 18.2 Å². The molecule has 1 aromatic heterocycles. The summed E-state index contributed by atoms with van der Waals surface area (Å²) in [7, 11) is 0. The summed E-state index contributed by atoms with van der Waals surface area (Å²) >= 11 is 3.15. The van der Waals surface area contributed by atoms with Gasteiger partial charge >= 0.3 is 0 Å². The summed E-state index contributed by atoms with van der Waals surface area (Å²) in [4.78, 5) is 4.16. The molecule has 0 aliphatic heterocycles. The Hall–Kier alpha value is -1.26. The molecule has 17 heavy (non-hydrogen) atoms. The summed E-state index contributed by atoms with van der Waals surface area (Å²) < 4.78 is 14.3. The highest BCUT2D eigenvalue weighted by molar-refractivity contribution is 9.10. The molecule has 1 atom stereocenters. The van der Waals surface area contributed by atoms with Crippen LogP contribution in [-0.2, 0) is 0 Å². The second-order valence-corrected chi connectivity index (χ2v) is 4.71. The zero-order valence-corrected chi connectivity index (χ0v) is 10.9. The highest BCUT2D eigenvalue weighted by Gasteiger charge is 2.15. The van der Waals surface area contributed by atoms with E-state index in [1.165, 1.54) is 0 Å². The first kappa shape index (κ1) is 12.2. The van der Waals surface area contributed by atoms with Gasteiger partial charge in [0.05, 0.1) is 10.5 Å². The number of pyridine rings is 1.